The Hall–Kier alpha value is -1.22. The molecule has 1 aromatic carbocycles. The van der Waals surface area contributed by atoms with Gasteiger partial charge in [0.25, 0.3) is 0 Å². The van der Waals surface area contributed by atoms with Crippen LogP contribution in [0.2, 0.25) is 0 Å². The second-order valence-corrected chi connectivity index (χ2v) is 3.62. The maximum absolute atomic E-state index is 5.72. The summed E-state index contributed by atoms with van der Waals surface area (Å²) < 4.78 is 10.7. The maximum Gasteiger partial charge on any atom is 0.121 e. The SMILES string of the molecule is COc1cc(N)cc(COC2CC2)c1. The number of nitrogens with two attached hydrogens (primary N) is 1. The lowest BCUT2D eigenvalue weighted by molar-refractivity contribution is 0.106. The summed E-state index contributed by atoms with van der Waals surface area (Å²) in [6.07, 6.45) is 2.86. The van der Waals surface area contributed by atoms with E-state index in [2.05, 4.69) is 0 Å². The Kier molecular flexibility index (Phi) is 2.59. The third kappa shape index (κ3) is 2.39. The summed E-state index contributed by atoms with van der Waals surface area (Å²) in [6.45, 7) is 0.631. The number of methoxy groups -OCH3 is 1. The first-order valence-electron chi connectivity index (χ1n) is 4.83. The van der Waals surface area contributed by atoms with Crippen molar-refractivity contribution in [1.82, 2.24) is 0 Å². The van der Waals surface area contributed by atoms with Crippen molar-refractivity contribution in [2.75, 3.05) is 12.8 Å². The molecule has 2 rings (SSSR count). The molecule has 0 amide bonds. The predicted octanol–water partition coefficient (Wildman–Crippen LogP) is 1.96. The van der Waals surface area contributed by atoms with Gasteiger partial charge in [0.05, 0.1) is 19.8 Å². The van der Waals surface area contributed by atoms with Crippen LogP contribution in [0.15, 0.2) is 18.2 Å². The predicted molar refractivity (Wildman–Crippen MR) is 55.2 cm³/mol. The molecule has 1 saturated carbocycles. The smallest absolute Gasteiger partial charge is 0.121 e. The van der Waals surface area contributed by atoms with Crippen molar-refractivity contribution >= 4 is 5.69 Å². The lowest BCUT2D eigenvalue weighted by Gasteiger charge is -2.06. The number of nitrogen functional groups attached to an aromatic ring is 1. The van der Waals surface area contributed by atoms with Crippen molar-refractivity contribution in [3.8, 4) is 5.75 Å². The summed E-state index contributed by atoms with van der Waals surface area (Å²) >= 11 is 0. The molecule has 0 heterocycles. The zero-order chi connectivity index (χ0) is 9.97. The van der Waals surface area contributed by atoms with Gasteiger partial charge in [0.2, 0.25) is 0 Å². The fourth-order valence-electron chi connectivity index (χ4n) is 1.34. The van der Waals surface area contributed by atoms with Gasteiger partial charge in [0, 0.05) is 11.8 Å². The van der Waals surface area contributed by atoms with Gasteiger partial charge in [-0.05, 0) is 30.5 Å². The molecule has 2 N–H and O–H groups in total. The molecule has 0 bridgehead atoms. The van der Waals surface area contributed by atoms with E-state index >= 15 is 0 Å². The minimum Gasteiger partial charge on any atom is -0.497 e. The van der Waals surface area contributed by atoms with E-state index in [1.807, 2.05) is 12.1 Å². The van der Waals surface area contributed by atoms with Crippen molar-refractivity contribution in [1.29, 1.82) is 0 Å². The van der Waals surface area contributed by atoms with E-state index in [-0.39, 0.29) is 0 Å². The molecule has 3 heteroatoms. The maximum atomic E-state index is 5.72. The van der Waals surface area contributed by atoms with E-state index in [0.717, 1.165) is 17.0 Å². The normalized spacial score (nSPS) is 15.5. The quantitative estimate of drug-likeness (QED) is 0.743. The fraction of sp³-hybridized carbons (Fsp3) is 0.455. The number of benzene rings is 1. The minimum absolute atomic E-state index is 0.474. The molecule has 1 aromatic rings. The van der Waals surface area contributed by atoms with Crippen LogP contribution in [0.5, 0.6) is 5.75 Å². The summed E-state index contributed by atoms with van der Waals surface area (Å²) in [7, 11) is 1.64. The standard InChI is InChI=1S/C11H15NO2/c1-13-11-5-8(4-9(12)6-11)7-14-10-2-3-10/h4-6,10H,2-3,7,12H2,1H3. The lowest BCUT2D eigenvalue weighted by Crippen LogP contribution is -1.97. The van der Waals surface area contributed by atoms with Gasteiger partial charge >= 0.3 is 0 Å². The molecule has 0 radical (unpaired) electrons. The summed E-state index contributed by atoms with van der Waals surface area (Å²) in [5.74, 6) is 0.791. The Morgan fingerprint density at radius 3 is 2.79 bits per heavy atom. The molecule has 0 spiro atoms. The molecule has 1 aliphatic carbocycles. The number of hydrogen-bond donors (Lipinski definition) is 1. The first-order chi connectivity index (χ1) is 6.78. The van der Waals surface area contributed by atoms with E-state index in [1.54, 1.807) is 13.2 Å². The highest BCUT2D eigenvalue weighted by Crippen LogP contribution is 2.26. The molecule has 76 valence electrons. The summed E-state index contributed by atoms with van der Waals surface area (Å²) in [4.78, 5) is 0. The Balaban J connectivity index is 2.03. The van der Waals surface area contributed by atoms with Crippen LogP contribution >= 0.6 is 0 Å². The lowest BCUT2D eigenvalue weighted by atomic mass is 10.2. The van der Waals surface area contributed by atoms with E-state index in [1.165, 1.54) is 12.8 Å². The highest BCUT2D eigenvalue weighted by atomic mass is 16.5. The average Bonchev–Trinajstić information content (AvgIpc) is 2.97. The number of hydrogen-bond acceptors (Lipinski definition) is 3. The molecular formula is C11H15NO2. The van der Waals surface area contributed by atoms with Gasteiger partial charge in [-0.3, -0.25) is 0 Å². The van der Waals surface area contributed by atoms with Gasteiger partial charge in [-0.15, -0.1) is 0 Å². The third-order valence-electron chi connectivity index (χ3n) is 2.23. The number of anilines is 1. The third-order valence-corrected chi connectivity index (χ3v) is 2.23. The second kappa shape index (κ2) is 3.88. The van der Waals surface area contributed by atoms with Crippen molar-refractivity contribution in [2.45, 2.75) is 25.6 Å². The number of ether oxygens (including phenoxy) is 2. The Morgan fingerprint density at radius 1 is 1.36 bits per heavy atom. The van der Waals surface area contributed by atoms with Crippen molar-refractivity contribution in [2.24, 2.45) is 0 Å². The van der Waals surface area contributed by atoms with Crippen LogP contribution < -0.4 is 10.5 Å². The van der Waals surface area contributed by atoms with E-state index in [9.17, 15) is 0 Å². The van der Waals surface area contributed by atoms with Crippen molar-refractivity contribution < 1.29 is 9.47 Å². The second-order valence-electron chi connectivity index (χ2n) is 3.62. The highest BCUT2D eigenvalue weighted by molar-refractivity contribution is 5.47. The Bertz CT molecular complexity index is 321. The minimum atomic E-state index is 0.474. The molecule has 0 unspecified atom stereocenters. The summed E-state index contributed by atoms with van der Waals surface area (Å²) in [6, 6.07) is 5.68. The Morgan fingerprint density at radius 2 is 2.14 bits per heavy atom. The zero-order valence-electron chi connectivity index (χ0n) is 8.32. The number of rotatable bonds is 4. The molecule has 0 aliphatic heterocycles. The van der Waals surface area contributed by atoms with Crippen LogP contribution in [-0.4, -0.2) is 13.2 Å². The molecule has 1 fully saturated rings. The van der Waals surface area contributed by atoms with E-state index < -0.39 is 0 Å². The average molecular weight is 193 g/mol. The van der Waals surface area contributed by atoms with Crippen LogP contribution in [0.4, 0.5) is 5.69 Å². The van der Waals surface area contributed by atoms with Crippen LogP contribution in [-0.2, 0) is 11.3 Å². The first kappa shape index (κ1) is 9.34. The van der Waals surface area contributed by atoms with Crippen LogP contribution in [0.1, 0.15) is 18.4 Å². The zero-order valence-corrected chi connectivity index (χ0v) is 8.32. The molecular weight excluding hydrogens is 178 g/mol. The summed E-state index contributed by atoms with van der Waals surface area (Å²) in [5.41, 5.74) is 7.52. The van der Waals surface area contributed by atoms with Gasteiger partial charge in [0.15, 0.2) is 0 Å². The van der Waals surface area contributed by atoms with Crippen molar-refractivity contribution in [3.63, 3.8) is 0 Å². The molecule has 14 heavy (non-hydrogen) atoms. The van der Waals surface area contributed by atoms with Gasteiger partial charge in [-0.1, -0.05) is 0 Å². The topological polar surface area (TPSA) is 44.5 Å². The van der Waals surface area contributed by atoms with E-state index in [0.29, 0.717) is 12.7 Å². The van der Waals surface area contributed by atoms with Gasteiger partial charge in [0.1, 0.15) is 5.75 Å². The monoisotopic (exact) mass is 193 g/mol. The first-order valence-corrected chi connectivity index (χ1v) is 4.83. The van der Waals surface area contributed by atoms with Gasteiger partial charge in [-0.25, -0.2) is 0 Å². The van der Waals surface area contributed by atoms with E-state index in [4.69, 9.17) is 15.2 Å². The largest absolute Gasteiger partial charge is 0.497 e. The molecule has 0 saturated heterocycles. The highest BCUT2D eigenvalue weighted by Gasteiger charge is 2.21. The van der Waals surface area contributed by atoms with Crippen LogP contribution in [0, 0.1) is 0 Å². The summed E-state index contributed by atoms with van der Waals surface area (Å²) in [5, 5.41) is 0. The van der Waals surface area contributed by atoms with Crippen LogP contribution in [0.3, 0.4) is 0 Å². The molecule has 0 atom stereocenters. The van der Waals surface area contributed by atoms with Crippen molar-refractivity contribution in [3.05, 3.63) is 23.8 Å². The molecule has 1 aliphatic rings. The van der Waals surface area contributed by atoms with Crippen LogP contribution in [0.25, 0.3) is 0 Å². The van der Waals surface area contributed by atoms with Gasteiger partial charge < -0.3 is 15.2 Å². The van der Waals surface area contributed by atoms with Gasteiger partial charge in [-0.2, -0.15) is 0 Å². The molecule has 0 aromatic heterocycles. The fourth-order valence-corrected chi connectivity index (χ4v) is 1.34. The molecule has 3 nitrogen and oxygen atoms in total. The Labute approximate surface area is 83.8 Å².